The van der Waals surface area contributed by atoms with Gasteiger partial charge in [0.1, 0.15) is 6.54 Å². The van der Waals surface area contributed by atoms with Crippen molar-refractivity contribution in [3.05, 3.63) is 53.6 Å². The van der Waals surface area contributed by atoms with Crippen LogP contribution in [0.1, 0.15) is 18.1 Å². The molecule has 132 valence electrons. The van der Waals surface area contributed by atoms with E-state index in [1.165, 1.54) is 11.8 Å². The normalized spacial score (nSPS) is 10.3. The Bertz CT molecular complexity index is 747. The van der Waals surface area contributed by atoms with Gasteiger partial charge in [-0.05, 0) is 49.2 Å². The number of hydrogen-bond donors (Lipinski definition) is 1. The molecule has 0 saturated heterocycles. The van der Waals surface area contributed by atoms with Gasteiger partial charge in [-0.2, -0.15) is 0 Å². The second kappa shape index (κ2) is 7.83. The van der Waals surface area contributed by atoms with Gasteiger partial charge in [0.15, 0.2) is 0 Å². The first-order valence-corrected chi connectivity index (χ1v) is 8.21. The highest BCUT2D eigenvalue weighted by atomic mass is 16.2. The maximum atomic E-state index is 12.5. The third-order valence-electron chi connectivity index (χ3n) is 4.11. The third kappa shape index (κ3) is 4.59. The van der Waals surface area contributed by atoms with Crippen molar-refractivity contribution < 1.29 is 9.59 Å². The van der Waals surface area contributed by atoms with E-state index in [4.69, 9.17) is 0 Å². The summed E-state index contributed by atoms with van der Waals surface area (Å²) in [6.45, 7) is 5.34. The molecule has 0 aliphatic carbocycles. The van der Waals surface area contributed by atoms with Gasteiger partial charge in [0.25, 0.3) is 0 Å². The SMILES string of the molecule is CC(=O)N(CC(=O)Nc1c(C)cccc1C)c1ccc(N(C)C)cc1. The molecule has 0 radical (unpaired) electrons. The molecule has 2 rings (SSSR count). The summed E-state index contributed by atoms with van der Waals surface area (Å²) in [5.41, 5.74) is 4.54. The van der Waals surface area contributed by atoms with Crippen LogP contribution < -0.4 is 15.1 Å². The van der Waals surface area contributed by atoms with Crippen LogP contribution in [-0.4, -0.2) is 32.5 Å². The second-order valence-electron chi connectivity index (χ2n) is 6.33. The number of anilines is 3. The molecule has 2 amide bonds. The average Bonchev–Trinajstić information content (AvgIpc) is 2.56. The van der Waals surface area contributed by atoms with E-state index in [0.717, 1.165) is 22.5 Å². The van der Waals surface area contributed by atoms with Crippen LogP contribution in [0, 0.1) is 13.8 Å². The lowest BCUT2D eigenvalue weighted by atomic mass is 10.1. The maximum Gasteiger partial charge on any atom is 0.244 e. The van der Waals surface area contributed by atoms with Gasteiger partial charge in [-0.3, -0.25) is 9.59 Å². The van der Waals surface area contributed by atoms with Gasteiger partial charge < -0.3 is 15.1 Å². The zero-order valence-corrected chi connectivity index (χ0v) is 15.5. The van der Waals surface area contributed by atoms with Crippen LogP contribution in [0.25, 0.3) is 0 Å². The van der Waals surface area contributed by atoms with Crippen LogP contribution >= 0.6 is 0 Å². The molecule has 0 heterocycles. The molecule has 0 atom stereocenters. The van der Waals surface area contributed by atoms with Gasteiger partial charge >= 0.3 is 0 Å². The second-order valence-corrected chi connectivity index (χ2v) is 6.33. The molecule has 0 fully saturated rings. The Hall–Kier alpha value is -2.82. The summed E-state index contributed by atoms with van der Waals surface area (Å²) in [5.74, 6) is -0.390. The van der Waals surface area contributed by atoms with Gasteiger partial charge in [0, 0.05) is 38.1 Å². The highest BCUT2D eigenvalue weighted by Crippen LogP contribution is 2.21. The van der Waals surface area contributed by atoms with E-state index in [2.05, 4.69) is 5.32 Å². The fourth-order valence-corrected chi connectivity index (χ4v) is 2.65. The molecule has 2 aromatic carbocycles. The smallest absolute Gasteiger partial charge is 0.244 e. The molecule has 5 nitrogen and oxygen atoms in total. The van der Waals surface area contributed by atoms with Crippen molar-refractivity contribution >= 4 is 28.9 Å². The summed E-state index contributed by atoms with van der Waals surface area (Å²) in [6, 6.07) is 13.4. The van der Waals surface area contributed by atoms with E-state index in [1.807, 2.05) is 75.3 Å². The molecule has 0 unspecified atom stereocenters. The molecule has 2 aromatic rings. The lowest BCUT2D eigenvalue weighted by molar-refractivity contribution is -0.120. The van der Waals surface area contributed by atoms with Crippen LogP contribution in [-0.2, 0) is 9.59 Å². The zero-order chi connectivity index (χ0) is 18.6. The summed E-state index contributed by atoms with van der Waals surface area (Å²) in [4.78, 5) is 27.9. The lowest BCUT2D eigenvalue weighted by Crippen LogP contribution is -2.36. The summed E-state index contributed by atoms with van der Waals surface area (Å²) < 4.78 is 0. The zero-order valence-electron chi connectivity index (χ0n) is 15.5. The van der Waals surface area contributed by atoms with Crippen molar-refractivity contribution in [3.8, 4) is 0 Å². The van der Waals surface area contributed by atoms with Crippen LogP contribution in [0.5, 0.6) is 0 Å². The van der Waals surface area contributed by atoms with Crippen LogP contribution in [0.4, 0.5) is 17.1 Å². The number of rotatable bonds is 5. The van der Waals surface area contributed by atoms with Gasteiger partial charge in [-0.1, -0.05) is 18.2 Å². The van der Waals surface area contributed by atoms with Gasteiger partial charge in [-0.15, -0.1) is 0 Å². The molecular weight excluding hydrogens is 314 g/mol. The van der Waals surface area contributed by atoms with Gasteiger partial charge in [0.2, 0.25) is 11.8 Å². The molecule has 0 bridgehead atoms. The van der Waals surface area contributed by atoms with Crippen molar-refractivity contribution in [1.29, 1.82) is 0 Å². The number of para-hydroxylation sites is 1. The minimum absolute atomic E-state index is 0.0234. The molecule has 0 spiro atoms. The summed E-state index contributed by atoms with van der Waals surface area (Å²) >= 11 is 0. The number of amides is 2. The summed E-state index contributed by atoms with van der Waals surface area (Å²) in [7, 11) is 3.91. The topological polar surface area (TPSA) is 52.7 Å². The quantitative estimate of drug-likeness (QED) is 0.909. The molecule has 0 saturated carbocycles. The Morgan fingerprint density at radius 1 is 0.920 bits per heavy atom. The van der Waals surface area contributed by atoms with Crippen LogP contribution in [0.3, 0.4) is 0 Å². The number of aryl methyl sites for hydroxylation is 2. The van der Waals surface area contributed by atoms with E-state index in [1.54, 1.807) is 0 Å². The molecule has 0 aliphatic heterocycles. The Kier molecular flexibility index (Phi) is 5.80. The standard InChI is InChI=1S/C20H25N3O2/c1-14-7-6-8-15(2)20(14)21-19(25)13-23(16(3)24)18-11-9-17(10-12-18)22(4)5/h6-12H,13H2,1-5H3,(H,21,25). The van der Waals surface area contributed by atoms with Crippen LogP contribution in [0.2, 0.25) is 0 Å². The number of carbonyl (C=O) groups is 2. The Morgan fingerprint density at radius 2 is 1.44 bits per heavy atom. The monoisotopic (exact) mass is 339 g/mol. The minimum atomic E-state index is -0.218. The van der Waals surface area contributed by atoms with E-state index in [0.29, 0.717) is 5.69 Å². The fraction of sp³-hybridized carbons (Fsp3) is 0.300. The first-order valence-electron chi connectivity index (χ1n) is 8.21. The molecule has 25 heavy (non-hydrogen) atoms. The largest absolute Gasteiger partial charge is 0.378 e. The number of hydrogen-bond acceptors (Lipinski definition) is 3. The number of nitrogens with zero attached hydrogens (tertiary/aromatic N) is 2. The van der Waals surface area contributed by atoms with Crippen molar-refractivity contribution in [3.63, 3.8) is 0 Å². The number of nitrogens with one attached hydrogen (secondary N) is 1. The van der Waals surface area contributed by atoms with Crippen LogP contribution in [0.15, 0.2) is 42.5 Å². The molecule has 5 heteroatoms. The van der Waals surface area contributed by atoms with E-state index < -0.39 is 0 Å². The third-order valence-corrected chi connectivity index (χ3v) is 4.11. The maximum absolute atomic E-state index is 12.5. The van der Waals surface area contributed by atoms with Gasteiger partial charge in [0.05, 0.1) is 0 Å². The fourth-order valence-electron chi connectivity index (χ4n) is 2.65. The predicted molar refractivity (Wildman–Crippen MR) is 103 cm³/mol. The van der Waals surface area contributed by atoms with Crippen molar-refractivity contribution in [2.75, 3.05) is 35.8 Å². The van der Waals surface area contributed by atoms with E-state index in [-0.39, 0.29) is 18.4 Å². The molecular formula is C20H25N3O2. The first-order chi connectivity index (χ1) is 11.8. The molecule has 0 aliphatic rings. The Labute approximate surface area is 149 Å². The number of carbonyl (C=O) groups excluding carboxylic acids is 2. The summed E-state index contributed by atoms with van der Waals surface area (Å²) in [5, 5.41) is 2.92. The van der Waals surface area contributed by atoms with E-state index in [9.17, 15) is 9.59 Å². The number of benzene rings is 2. The lowest BCUT2D eigenvalue weighted by Gasteiger charge is -2.22. The van der Waals surface area contributed by atoms with Gasteiger partial charge in [-0.25, -0.2) is 0 Å². The summed E-state index contributed by atoms with van der Waals surface area (Å²) in [6.07, 6.45) is 0. The molecule has 0 aromatic heterocycles. The highest BCUT2D eigenvalue weighted by molar-refractivity contribution is 6.02. The van der Waals surface area contributed by atoms with Crippen molar-refractivity contribution in [2.24, 2.45) is 0 Å². The highest BCUT2D eigenvalue weighted by Gasteiger charge is 2.17. The average molecular weight is 339 g/mol. The predicted octanol–water partition coefficient (Wildman–Crippen LogP) is 3.36. The van der Waals surface area contributed by atoms with Crippen molar-refractivity contribution in [2.45, 2.75) is 20.8 Å². The Morgan fingerprint density at radius 3 is 1.92 bits per heavy atom. The molecule has 1 N–H and O–H groups in total. The van der Waals surface area contributed by atoms with Crippen molar-refractivity contribution in [1.82, 2.24) is 0 Å². The van der Waals surface area contributed by atoms with E-state index >= 15 is 0 Å². The minimum Gasteiger partial charge on any atom is -0.378 e. The first kappa shape index (κ1) is 18.5. The Balaban J connectivity index is 2.16.